The van der Waals surface area contributed by atoms with Crippen LogP contribution in [0.3, 0.4) is 0 Å². The maximum Gasteiger partial charge on any atom is 0.244 e. The van der Waals surface area contributed by atoms with Crippen LogP contribution in [0.1, 0.15) is 30.6 Å². The number of carbonyl (C=O) groups is 1. The average molecular weight is 374 g/mol. The molecule has 0 atom stereocenters. The van der Waals surface area contributed by atoms with Crippen LogP contribution in [0.5, 0.6) is 0 Å². The Morgan fingerprint density at radius 1 is 1.15 bits per heavy atom. The van der Waals surface area contributed by atoms with Crippen molar-refractivity contribution in [2.75, 3.05) is 13.1 Å². The minimum absolute atomic E-state index is 0.255. The van der Waals surface area contributed by atoms with E-state index < -0.39 is 10.0 Å². The lowest BCUT2D eigenvalue weighted by Gasteiger charge is -2.26. The Bertz CT molecular complexity index is 867. The number of nitrogens with zero attached hydrogens (tertiary/aromatic N) is 1. The minimum Gasteiger partial charge on any atom is -0.465 e. The first-order valence-corrected chi connectivity index (χ1v) is 10.1. The van der Waals surface area contributed by atoms with Gasteiger partial charge in [0.05, 0.1) is 11.2 Å². The summed E-state index contributed by atoms with van der Waals surface area (Å²) in [5.74, 6) is 0.320. The first kappa shape index (κ1) is 18.4. The third-order valence-electron chi connectivity index (χ3n) is 4.26. The number of benzene rings is 1. The molecule has 1 N–H and O–H groups in total. The van der Waals surface area contributed by atoms with E-state index in [1.165, 1.54) is 12.3 Å². The highest BCUT2D eigenvalue weighted by Crippen LogP contribution is 2.21. The van der Waals surface area contributed by atoms with Crippen molar-refractivity contribution in [3.8, 4) is 0 Å². The zero-order valence-corrected chi connectivity index (χ0v) is 15.2. The third kappa shape index (κ3) is 4.62. The molecule has 0 unspecified atom stereocenters. The zero-order chi connectivity index (χ0) is 18.4. The Kier molecular flexibility index (Phi) is 5.90. The van der Waals surface area contributed by atoms with E-state index >= 15 is 0 Å². The summed E-state index contributed by atoms with van der Waals surface area (Å²) in [5, 5.41) is 2.74. The molecule has 1 aliphatic heterocycles. The summed E-state index contributed by atoms with van der Waals surface area (Å²) in [6, 6.07) is 10.2. The molecular weight excluding hydrogens is 352 g/mol. The first-order valence-electron chi connectivity index (χ1n) is 8.64. The van der Waals surface area contributed by atoms with Crippen molar-refractivity contribution in [2.24, 2.45) is 0 Å². The van der Waals surface area contributed by atoms with Gasteiger partial charge in [-0.25, -0.2) is 8.42 Å². The minimum atomic E-state index is -3.47. The summed E-state index contributed by atoms with van der Waals surface area (Å²) in [6.07, 6.45) is 7.36. The highest BCUT2D eigenvalue weighted by molar-refractivity contribution is 7.89. The van der Waals surface area contributed by atoms with Gasteiger partial charge in [0.15, 0.2) is 0 Å². The normalized spacial score (nSPS) is 16.0. The van der Waals surface area contributed by atoms with Crippen LogP contribution in [0.15, 0.2) is 58.1 Å². The van der Waals surface area contributed by atoms with Crippen molar-refractivity contribution in [3.05, 3.63) is 60.1 Å². The fourth-order valence-electron chi connectivity index (χ4n) is 2.86. The smallest absolute Gasteiger partial charge is 0.244 e. The van der Waals surface area contributed by atoms with Gasteiger partial charge in [0.1, 0.15) is 5.76 Å². The van der Waals surface area contributed by atoms with E-state index in [4.69, 9.17) is 4.42 Å². The molecule has 3 rings (SSSR count). The SMILES string of the molecule is O=C(/C=C/c1ccco1)NCc1cccc(S(=O)(=O)N2CCCCC2)c1. The molecule has 1 amide bonds. The molecule has 138 valence electrons. The van der Waals surface area contributed by atoms with Gasteiger partial charge >= 0.3 is 0 Å². The monoisotopic (exact) mass is 374 g/mol. The lowest BCUT2D eigenvalue weighted by molar-refractivity contribution is -0.116. The largest absolute Gasteiger partial charge is 0.465 e. The number of furan rings is 1. The molecule has 0 aliphatic carbocycles. The standard InChI is InChI=1S/C19H22N2O4S/c22-19(10-9-17-7-5-13-25-17)20-15-16-6-4-8-18(14-16)26(23,24)21-11-2-1-3-12-21/h4-10,13-14H,1-3,11-12,15H2,(H,20,22)/b10-9+. The molecule has 1 aromatic heterocycles. The zero-order valence-electron chi connectivity index (χ0n) is 14.4. The Morgan fingerprint density at radius 2 is 1.96 bits per heavy atom. The van der Waals surface area contributed by atoms with Crippen LogP contribution in [0, 0.1) is 0 Å². The molecule has 0 radical (unpaired) electrons. The van der Waals surface area contributed by atoms with E-state index in [9.17, 15) is 13.2 Å². The molecule has 0 saturated carbocycles. The molecule has 0 bridgehead atoms. The molecule has 26 heavy (non-hydrogen) atoms. The van der Waals surface area contributed by atoms with Crippen LogP contribution >= 0.6 is 0 Å². The summed E-state index contributed by atoms with van der Waals surface area (Å²) in [6.45, 7) is 1.40. The van der Waals surface area contributed by atoms with Crippen LogP contribution in [0.25, 0.3) is 6.08 Å². The van der Waals surface area contributed by atoms with E-state index in [-0.39, 0.29) is 17.3 Å². The van der Waals surface area contributed by atoms with Gasteiger partial charge in [0.25, 0.3) is 0 Å². The Labute approximate surface area is 153 Å². The van der Waals surface area contributed by atoms with Crippen molar-refractivity contribution < 1.29 is 17.6 Å². The van der Waals surface area contributed by atoms with Crippen LogP contribution in [0.4, 0.5) is 0 Å². The molecule has 2 heterocycles. The molecule has 1 fully saturated rings. The number of amides is 1. The molecule has 1 aromatic carbocycles. The second kappa shape index (κ2) is 8.33. The maximum atomic E-state index is 12.7. The van der Waals surface area contributed by atoms with Gasteiger partial charge in [0.2, 0.25) is 15.9 Å². The Balaban J connectivity index is 1.63. The summed E-state index contributed by atoms with van der Waals surface area (Å²) in [7, 11) is -3.47. The van der Waals surface area contributed by atoms with Crippen LogP contribution in [0.2, 0.25) is 0 Å². The number of nitrogens with one attached hydrogen (secondary N) is 1. The fourth-order valence-corrected chi connectivity index (χ4v) is 4.45. The quantitative estimate of drug-likeness (QED) is 0.789. The van der Waals surface area contributed by atoms with Crippen molar-refractivity contribution in [1.29, 1.82) is 0 Å². The predicted octanol–water partition coefficient (Wildman–Crippen LogP) is 2.78. The van der Waals surface area contributed by atoms with Crippen molar-refractivity contribution in [2.45, 2.75) is 30.7 Å². The van der Waals surface area contributed by atoms with Crippen molar-refractivity contribution in [1.82, 2.24) is 9.62 Å². The highest BCUT2D eigenvalue weighted by Gasteiger charge is 2.25. The van der Waals surface area contributed by atoms with Gasteiger partial charge in [-0.15, -0.1) is 0 Å². The molecule has 6 nitrogen and oxygen atoms in total. The summed E-state index contributed by atoms with van der Waals surface area (Å²) >= 11 is 0. The lowest BCUT2D eigenvalue weighted by atomic mass is 10.2. The van der Waals surface area contributed by atoms with Gasteiger partial charge < -0.3 is 9.73 Å². The number of rotatable bonds is 6. The van der Waals surface area contributed by atoms with Crippen LogP contribution < -0.4 is 5.32 Å². The number of hydrogen-bond acceptors (Lipinski definition) is 4. The summed E-state index contributed by atoms with van der Waals surface area (Å²) in [4.78, 5) is 12.1. The predicted molar refractivity (Wildman–Crippen MR) is 98.6 cm³/mol. The van der Waals surface area contributed by atoms with E-state index in [1.807, 2.05) is 0 Å². The molecular formula is C19H22N2O4S. The molecule has 1 saturated heterocycles. The average Bonchev–Trinajstić information content (AvgIpc) is 3.19. The van der Waals surface area contributed by atoms with Crippen LogP contribution in [-0.2, 0) is 21.4 Å². The maximum absolute atomic E-state index is 12.7. The first-order chi connectivity index (χ1) is 12.6. The van der Waals surface area contributed by atoms with Gasteiger partial charge in [-0.1, -0.05) is 18.6 Å². The second-order valence-electron chi connectivity index (χ2n) is 6.18. The molecule has 7 heteroatoms. The number of piperidine rings is 1. The van der Waals surface area contributed by atoms with E-state index in [0.717, 1.165) is 24.8 Å². The van der Waals surface area contributed by atoms with Gasteiger partial charge in [-0.3, -0.25) is 4.79 Å². The van der Waals surface area contributed by atoms with Gasteiger partial charge in [-0.2, -0.15) is 4.31 Å². The Morgan fingerprint density at radius 3 is 2.69 bits per heavy atom. The van der Waals surface area contributed by atoms with E-state index in [0.29, 0.717) is 18.8 Å². The number of sulfonamides is 1. The topological polar surface area (TPSA) is 79.6 Å². The molecule has 1 aliphatic rings. The number of carbonyl (C=O) groups excluding carboxylic acids is 1. The molecule has 0 spiro atoms. The summed E-state index contributed by atoms with van der Waals surface area (Å²) < 4.78 is 32.1. The van der Waals surface area contributed by atoms with Crippen molar-refractivity contribution >= 4 is 22.0 Å². The Hall–Kier alpha value is -2.38. The third-order valence-corrected chi connectivity index (χ3v) is 6.15. The van der Waals surface area contributed by atoms with E-state index in [1.54, 1.807) is 46.8 Å². The van der Waals surface area contributed by atoms with Gasteiger partial charge in [-0.05, 0) is 48.7 Å². The highest BCUT2D eigenvalue weighted by atomic mass is 32.2. The number of hydrogen-bond donors (Lipinski definition) is 1. The van der Waals surface area contributed by atoms with Gasteiger partial charge in [0, 0.05) is 25.7 Å². The van der Waals surface area contributed by atoms with Crippen molar-refractivity contribution in [3.63, 3.8) is 0 Å². The summed E-state index contributed by atoms with van der Waals surface area (Å²) in [5.41, 5.74) is 0.739. The fraction of sp³-hybridized carbons (Fsp3) is 0.316. The van der Waals surface area contributed by atoms with E-state index in [2.05, 4.69) is 5.32 Å². The molecule has 2 aromatic rings. The second-order valence-corrected chi connectivity index (χ2v) is 8.12. The van der Waals surface area contributed by atoms with Crippen LogP contribution in [-0.4, -0.2) is 31.7 Å². The lowest BCUT2D eigenvalue weighted by Crippen LogP contribution is -2.35.